The van der Waals surface area contributed by atoms with Crippen molar-refractivity contribution in [2.75, 3.05) is 0 Å². The van der Waals surface area contributed by atoms with Crippen LogP contribution in [-0.2, 0) is 6.42 Å². The summed E-state index contributed by atoms with van der Waals surface area (Å²) >= 11 is 0. The first-order chi connectivity index (χ1) is 6.18. The monoisotopic (exact) mass is 181 g/mol. The Balaban J connectivity index is 2.01. The second-order valence-electron chi connectivity index (χ2n) is 4.04. The molecule has 0 aliphatic heterocycles. The lowest BCUT2D eigenvalue weighted by molar-refractivity contribution is 0.0467. The maximum atomic E-state index is 10.1. The summed E-state index contributed by atoms with van der Waals surface area (Å²) in [7, 11) is 0. The average Bonchev–Trinajstić information content (AvgIpc) is 2.62. The zero-order chi connectivity index (χ0) is 9.31. The van der Waals surface area contributed by atoms with Gasteiger partial charge in [-0.05, 0) is 30.9 Å². The highest BCUT2D eigenvalue weighted by Gasteiger charge is 2.35. The van der Waals surface area contributed by atoms with Gasteiger partial charge in [-0.1, -0.05) is 0 Å². The molecule has 0 aromatic carbocycles. The minimum absolute atomic E-state index is 0.164. The number of nitrogens with two attached hydrogens (primary N) is 1. The first-order valence-electron chi connectivity index (χ1n) is 4.67. The van der Waals surface area contributed by atoms with E-state index in [9.17, 15) is 5.11 Å². The summed E-state index contributed by atoms with van der Waals surface area (Å²) in [4.78, 5) is 0. The Morgan fingerprint density at radius 1 is 1.69 bits per heavy atom. The van der Waals surface area contributed by atoms with Gasteiger partial charge in [0.25, 0.3) is 0 Å². The largest absolute Gasteiger partial charge is 0.472 e. The van der Waals surface area contributed by atoms with Crippen LogP contribution in [0.4, 0.5) is 0 Å². The number of rotatable bonds is 2. The van der Waals surface area contributed by atoms with Crippen LogP contribution in [0.1, 0.15) is 24.8 Å². The van der Waals surface area contributed by atoms with E-state index in [0.717, 1.165) is 18.4 Å². The van der Waals surface area contributed by atoms with Crippen molar-refractivity contribution in [3.8, 4) is 0 Å². The molecule has 1 heterocycles. The van der Waals surface area contributed by atoms with Gasteiger partial charge < -0.3 is 15.3 Å². The van der Waals surface area contributed by atoms with Crippen molar-refractivity contribution in [2.45, 2.75) is 37.3 Å². The minimum Gasteiger partial charge on any atom is -0.472 e. The molecule has 3 nitrogen and oxygen atoms in total. The van der Waals surface area contributed by atoms with Crippen LogP contribution >= 0.6 is 0 Å². The molecule has 1 fully saturated rings. The summed E-state index contributed by atoms with van der Waals surface area (Å²) < 4.78 is 4.95. The number of hydrogen-bond acceptors (Lipinski definition) is 3. The van der Waals surface area contributed by atoms with Gasteiger partial charge in [0.15, 0.2) is 0 Å². The summed E-state index contributed by atoms with van der Waals surface area (Å²) in [6.07, 6.45) is 6.42. The molecule has 2 atom stereocenters. The molecule has 1 aliphatic carbocycles. The zero-order valence-corrected chi connectivity index (χ0v) is 7.57. The predicted molar refractivity (Wildman–Crippen MR) is 49.2 cm³/mol. The number of furan rings is 1. The zero-order valence-electron chi connectivity index (χ0n) is 7.57. The highest BCUT2D eigenvalue weighted by atomic mass is 16.3. The van der Waals surface area contributed by atoms with E-state index in [-0.39, 0.29) is 6.04 Å². The lowest BCUT2D eigenvalue weighted by Crippen LogP contribution is -2.30. The molecule has 3 N–H and O–H groups in total. The van der Waals surface area contributed by atoms with Gasteiger partial charge in [-0.2, -0.15) is 0 Å². The highest BCUT2D eigenvalue weighted by Crippen LogP contribution is 2.31. The summed E-state index contributed by atoms with van der Waals surface area (Å²) in [5, 5.41) is 10.1. The van der Waals surface area contributed by atoms with Crippen molar-refractivity contribution in [1.82, 2.24) is 0 Å². The second-order valence-corrected chi connectivity index (χ2v) is 4.04. The van der Waals surface area contributed by atoms with Gasteiger partial charge >= 0.3 is 0 Å². The molecule has 0 amide bonds. The van der Waals surface area contributed by atoms with E-state index in [0.29, 0.717) is 12.8 Å². The molecule has 72 valence electrons. The van der Waals surface area contributed by atoms with E-state index in [4.69, 9.17) is 10.2 Å². The van der Waals surface area contributed by atoms with Gasteiger partial charge in [0.1, 0.15) is 0 Å². The maximum absolute atomic E-state index is 10.1. The van der Waals surface area contributed by atoms with E-state index in [1.165, 1.54) is 0 Å². The van der Waals surface area contributed by atoms with Gasteiger partial charge in [-0.15, -0.1) is 0 Å². The van der Waals surface area contributed by atoms with Crippen LogP contribution in [0.3, 0.4) is 0 Å². The van der Waals surface area contributed by atoms with Crippen LogP contribution in [0.15, 0.2) is 23.0 Å². The van der Waals surface area contributed by atoms with Gasteiger partial charge in [0, 0.05) is 12.5 Å². The smallest absolute Gasteiger partial charge is 0.0935 e. The van der Waals surface area contributed by atoms with Crippen LogP contribution in [0, 0.1) is 0 Å². The third kappa shape index (κ3) is 1.92. The summed E-state index contributed by atoms with van der Waals surface area (Å²) in [6, 6.07) is 2.05. The average molecular weight is 181 g/mol. The molecule has 0 bridgehead atoms. The third-order valence-corrected chi connectivity index (χ3v) is 2.74. The topological polar surface area (TPSA) is 59.4 Å². The molecule has 3 heteroatoms. The van der Waals surface area contributed by atoms with Crippen LogP contribution < -0.4 is 5.73 Å². The fourth-order valence-electron chi connectivity index (χ4n) is 2.08. The van der Waals surface area contributed by atoms with E-state index in [1.54, 1.807) is 12.5 Å². The Hall–Kier alpha value is -0.800. The van der Waals surface area contributed by atoms with E-state index >= 15 is 0 Å². The first kappa shape index (κ1) is 8.78. The molecule has 0 radical (unpaired) electrons. The Morgan fingerprint density at radius 3 is 3.08 bits per heavy atom. The van der Waals surface area contributed by atoms with Gasteiger partial charge in [0.05, 0.1) is 18.1 Å². The fourth-order valence-corrected chi connectivity index (χ4v) is 2.08. The molecule has 2 unspecified atom stereocenters. The molecule has 1 aromatic heterocycles. The highest BCUT2D eigenvalue weighted by molar-refractivity contribution is 5.11. The standard InChI is InChI=1S/C10H15NO2/c11-9-1-3-10(12,6-9)5-8-2-4-13-7-8/h2,4,7,9,12H,1,3,5-6,11H2. The van der Waals surface area contributed by atoms with Crippen molar-refractivity contribution in [1.29, 1.82) is 0 Å². The van der Waals surface area contributed by atoms with Gasteiger partial charge in [-0.3, -0.25) is 0 Å². The van der Waals surface area contributed by atoms with Gasteiger partial charge in [-0.25, -0.2) is 0 Å². The third-order valence-electron chi connectivity index (χ3n) is 2.74. The second kappa shape index (κ2) is 3.16. The molecule has 1 aliphatic rings. The molecular formula is C10H15NO2. The summed E-state index contributed by atoms with van der Waals surface area (Å²) in [6.45, 7) is 0. The lowest BCUT2D eigenvalue weighted by Gasteiger charge is -2.21. The van der Waals surface area contributed by atoms with Crippen molar-refractivity contribution in [3.63, 3.8) is 0 Å². The summed E-state index contributed by atoms with van der Waals surface area (Å²) in [5.74, 6) is 0. The lowest BCUT2D eigenvalue weighted by atomic mass is 9.94. The maximum Gasteiger partial charge on any atom is 0.0935 e. The molecule has 1 aromatic rings. The number of aliphatic hydroxyl groups is 1. The first-order valence-corrected chi connectivity index (χ1v) is 4.67. The number of hydrogen-bond donors (Lipinski definition) is 2. The van der Waals surface area contributed by atoms with E-state index in [2.05, 4.69) is 0 Å². The Morgan fingerprint density at radius 2 is 2.54 bits per heavy atom. The van der Waals surface area contributed by atoms with Crippen LogP contribution in [-0.4, -0.2) is 16.7 Å². The van der Waals surface area contributed by atoms with Crippen molar-refractivity contribution >= 4 is 0 Å². The molecule has 0 saturated heterocycles. The summed E-state index contributed by atoms with van der Waals surface area (Å²) in [5.41, 5.74) is 6.21. The van der Waals surface area contributed by atoms with Crippen LogP contribution in [0.5, 0.6) is 0 Å². The molecule has 0 spiro atoms. The predicted octanol–water partition coefficient (Wildman–Crippen LogP) is 1.06. The Kier molecular flexibility index (Phi) is 2.14. The van der Waals surface area contributed by atoms with Crippen LogP contribution in [0.25, 0.3) is 0 Å². The Labute approximate surface area is 77.5 Å². The fraction of sp³-hybridized carbons (Fsp3) is 0.600. The minimum atomic E-state index is -0.594. The van der Waals surface area contributed by atoms with E-state index in [1.807, 2.05) is 6.07 Å². The molecular weight excluding hydrogens is 166 g/mol. The molecule has 1 saturated carbocycles. The van der Waals surface area contributed by atoms with E-state index < -0.39 is 5.60 Å². The van der Waals surface area contributed by atoms with Crippen LogP contribution in [0.2, 0.25) is 0 Å². The van der Waals surface area contributed by atoms with Gasteiger partial charge in [0.2, 0.25) is 0 Å². The SMILES string of the molecule is NC1CCC(O)(Cc2ccoc2)C1. The normalized spacial score (nSPS) is 33.8. The van der Waals surface area contributed by atoms with Crippen molar-refractivity contribution in [3.05, 3.63) is 24.2 Å². The Bertz CT molecular complexity index is 270. The quantitative estimate of drug-likeness (QED) is 0.717. The van der Waals surface area contributed by atoms with Crippen molar-refractivity contribution < 1.29 is 9.52 Å². The molecule has 2 rings (SSSR count). The molecule has 13 heavy (non-hydrogen) atoms. The van der Waals surface area contributed by atoms with Crippen molar-refractivity contribution in [2.24, 2.45) is 5.73 Å².